The predicted octanol–water partition coefficient (Wildman–Crippen LogP) is 11.5. The van der Waals surface area contributed by atoms with Gasteiger partial charge in [0.2, 0.25) is 0 Å². The van der Waals surface area contributed by atoms with Crippen LogP contribution in [-0.4, -0.2) is 83.3 Å². The zero-order valence-corrected chi connectivity index (χ0v) is 39.5. The van der Waals surface area contributed by atoms with Crippen molar-refractivity contribution in [2.75, 3.05) is 66.2 Å². The maximum Gasteiger partial charge on any atom is 0.306 e. The van der Waals surface area contributed by atoms with E-state index in [-0.39, 0.29) is 38.3 Å². The van der Waals surface area contributed by atoms with Crippen molar-refractivity contribution in [2.45, 2.75) is 31.8 Å². The van der Waals surface area contributed by atoms with E-state index >= 15 is 0 Å². The Kier molecular flexibility index (Phi) is 18.3. The third-order valence-electron chi connectivity index (χ3n) is 10.9. The molecule has 0 amide bonds. The number of hydrogen-bond acceptors (Lipinski definition) is 16. The minimum Gasteiger partial charge on any atom is -0.497 e. The van der Waals surface area contributed by atoms with Crippen LogP contribution in [0.2, 0.25) is 0 Å². The van der Waals surface area contributed by atoms with Gasteiger partial charge in [-0.25, -0.2) is 0 Å². The standard InChI is InChI=1S/C52H54N6O12/c1-6-30-68-49-33-41(20-25-44(49)54-56-46-35-47(66-4)45(34-48(46)67-5)55-53-39-16-18-40(19-17-39)58(62)63)57(28-31-69-51(61)27-26-50(59)60)29-32-70-52(36-10-8-7-9-11-36,37-12-21-42(64-2)22-13-37)38-14-23-43(65-3)24-15-38/h7-25,33-35H,6,26-32H2,1-5H3,(H,59,60). The summed E-state index contributed by atoms with van der Waals surface area (Å²) in [6.07, 6.45) is 0.0903. The smallest absolute Gasteiger partial charge is 0.306 e. The highest BCUT2D eigenvalue weighted by Gasteiger charge is 2.38. The van der Waals surface area contributed by atoms with Crippen LogP contribution in [0.5, 0.6) is 28.7 Å². The van der Waals surface area contributed by atoms with E-state index in [4.69, 9.17) is 38.3 Å². The van der Waals surface area contributed by atoms with E-state index in [2.05, 4.69) is 20.5 Å². The van der Waals surface area contributed by atoms with Gasteiger partial charge in [0.15, 0.2) is 0 Å². The Morgan fingerprint density at radius 3 is 1.71 bits per heavy atom. The van der Waals surface area contributed by atoms with Crippen LogP contribution in [-0.2, 0) is 24.7 Å². The van der Waals surface area contributed by atoms with E-state index in [1.54, 1.807) is 32.4 Å². The summed E-state index contributed by atoms with van der Waals surface area (Å²) in [6.45, 7) is 2.98. The van der Waals surface area contributed by atoms with E-state index in [9.17, 15) is 19.7 Å². The first-order chi connectivity index (χ1) is 34.0. The average Bonchev–Trinajstić information content (AvgIpc) is 3.39. The van der Waals surface area contributed by atoms with Crippen molar-refractivity contribution < 1.29 is 52.8 Å². The van der Waals surface area contributed by atoms with Crippen molar-refractivity contribution in [2.24, 2.45) is 20.5 Å². The first-order valence-electron chi connectivity index (χ1n) is 22.2. The van der Waals surface area contributed by atoms with Gasteiger partial charge in [-0.1, -0.05) is 61.5 Å². The molecule has 0 saturated heterocycles. The monoisotopic (exact) mass is 954 g/mol. The van der Waals surface area contributed by atoms with Gasteiger partial charge in [-0.05, 0) is 71.6 Å². The number of aliphatic carboxylic acids is 1. The molecule has 18 nitrogen and oxygen atoms in total. The first kappa shape index (κ1) is 51.0. The molecule has 0 fully saturated rings. The van der Waals surface area contributed by atoms with Crippen LogP contribution in [0.25, 0.3) is 0 Å². The van der Waals surface area contributed by atoms with Gasteiger partial charge in [0.1, 0.15) is 58.0 Å². The lowest BCUT2D eigenvalue weighted by atomic mass is 9.80. The fourth-order valence-corrected chi connectivity index (χ4v) is 7.30. The lowest BCUT2D eigenvalue weighted by Gasteiger charge is -2.37. The van der Waals surface area contributed by atoms with Crippen LogP contribution in [0.1, 0.15) is 42.9 Å². The first-order valence-corrected chi connectivity index (χ1v) is 22.2. The van der Waals surface area contributed by atoms with Crippen molar-refractivity contribution in [3.05, 3.63) is 160 Å². The molecule has 6 rings (SSSR count). The Balaban J connectivity index is 1.33. The fourth-order valence-electron chi connectivity index (χ4n) is 7.30. The van der Waals surface area contributed by atoms with Crippen molar-refractivity contribution in [1.29, 1.82) is 0 Å². The van der Waals surface area contributed by atoms with E-state index in [1.807, 2.05) is 103 Å². The summed E-state index contributed by atoms with van der Waals surface area (Å²) in [6, 6.07) is 39.6. The molecule has 1 N–H and O–H groups in total. The summed E-state index contributed by atoms with van der Waals surface area (Å²) in [7, 11) is 6.17. The number of benzene rings is 6. The number of nitro benzene ring substituents is 1. The largest absolute Gasteiger partial charge is 0.497 e. The molecule has 364 valence electrons. The summed E-state index contributed by atoms with van der Waals surface area (Å²) in [5.74, 6) is 0.696. The summed E-state index contributed by atoms with van der Waals surface area (Å²) >= 11 is 0. The number of azo groups is 2. The van der Waals surface area contributed by atoms with Crippen molar-refractivity contribution in [3.8, 4) is 28.7 Å². The van der Waals surface area contributed by atoms with Gasteiger partial charge in [-0.2, -0.15) is 5.11 Å². The molecule has 0 aromatic heterocycles. The van der Waals surface area contributed by atoms with Gasteiger partial charge in [-0.15, -0.1) is 15.3 Å². The Bertz CT molecular complexity index is 2690. The fraction of sp³-hybridized carbons (Fsp3) is 0.269. The zero-order chi connectivity index (χ0) is 49.9. The highest BCUT2D eigenvalue weighted by atomic mass is 16.6. The third kappa shape index (κ3) is 13.2. The van der Waals surface area contributed by atoms with Gasteiger partial charge < -0.3 is 43.2 Å². The number of ether oxygens (including phenoxy) is 7. The zero-order valence-electron chi connectivity index (χ0n) is 39.5. The molecular weight excluding hydrogens is 901 g/mol. The summed E-state index contributed by atoms with van der Waals surface area (Å²) in [5.41, 5.74) is 3.53. The van der Waals surface area contributed by atoms with Gasteiger partial charge in [0.05, 0.1) is 71.7 Å². The molecule has 0 unspecified atom stereocenters. The Morgan fingerprint density at radius 2 is 1.17 bits per heavy atom. The normalized spacial score (nSPS) is 11.3. The Morgan fingerprint density at radius 1 is 0.614 bits per heavy atom. The molecule has 0 atom stereocenters. The van der Waals surface area contributed by atoms with Gasteiger partial charge in [-0.3, -0.25) is 19.7 Å². The predicted molar refractivity (Wildman–Crippen MR) is 262 cm³/mol. The molecule has 6 aromatic carbocycles. The molecule has 70 heavy (non-hydrogen) atoms. The van der Waals surface area contributed by atoms with Gasteiger partial charge >= 0.3 is 11.9 Å². The minimum atomic E-state index is -1.10. The summed E-state index contributed by atoms with van der Waals surface area (Å²) < 4.78 is 41.2. The number of anilines is 1. The van der Waals surface area contributed by atoms with E-state index < -0.39 is 22.5 Å². The number of rotatable bonds is 26. The van der Waals surface area contributed by atoms with Gasteiger partial charge in [0, 0.05) is 42.6 Å². The van der Waals surface area contributed by atoms with Gasteiger partial charge in [0.25, 0.3) is 5.69 Å². The lowest BCUT2D eigenvalue weighted by Crippen LogP contribution is -2.37. The average molecular weight is 955 g/mol. The van der Waals surface area contributed by atoms with E-state index in [0.29, 0.717) is 76.8 Å². The number of hydrogen-bond donors (Lipinski definition) is 1. The summed E-state index contributed by atoms with van der Waals surface area (Å²) in [4.78, 5) is 36.3. The highest BCUT2D eigenvalue weighted by molar-refractivity contribution is 5.76. The topological polar surface area (TPSA) is 215 Å². The number of nitro groups is 1. The van der Waals surface area contributed by atoms with E-state index in [1.165, 1.54) is 38.5 Å². The molecule has 0 bridgehead atoms. The van der Waals surface area contributed by atoms with Crippen molar-refractivity contribution >= 4 is 46.1 Å². The summed E-state index contributed by atoms with van der Waals surface area (Å²) in [5, 5.41) is 37.8. The maximum absolute atomic E-state index is 12.6. The van der Waals surface area contributed by atoms with Crippen LogP contribution < -0.4 is 28.6 Å². The molecular formula is C52H54N6O12. The third-order valence-corrected chi connectivity index (χ3v) is 10.9. The number of esters is 1. The number of carboxylic acids is 1. The molecule has 0 saturated carbocycles. The van der Waals surface area contributed by atoms with Crippen LogP contribution in [0.3, 0.4) is 0 Å². The second-order valence-corrected chi connectivity index (χ2v) is 15.3. The highest BCUT2D eigenvalue weighted by Crippen LogP contribution is 2.44. The Hall–Kier alpha value is -8.38. The molecule has 0 heterocycles. The van der Waals surface area contributed by atoms with Crippen molar-refractivity contribution in [3.63, 3.8) is 0 Å². The Labute approximate surface area is 405 Å². The number of carbonyl (C=O) groups is 2. The van der Waals surface area contributed by atoms with Crippen LogP contribution >= 0.6 is 0 Å². The quantitative estimate of drug-likeness (QED) is 0.0176. The molecule has 0 radical (unpaired) electrons. The lowest BCUT2D eigenvalue weighted by molar-refractivity contribution is -0.384. The number of nitrogens with zero attached hydrogens (tertiary/aromatic N) is 6. The van der Waals surface area contributed by atoms with Crippen LogP contribution in [0.4, 0.5) is 34.1 Å². The maximum atomic E-state index is 12.6. The number of carboxylic acid groups (broad SMARTS) is 1. The molecule has 0 aliphatic carbocycles. The molecule has 0 spiro atoms. The van der Waals surface area contributed by atoms with E-state index in [0.717, 1.165) is 16.7 Å². The van der Waals surface area contributed by atoms with Crippen molar-refractivity contribution in [1.82, 2.24) is 0 Å². The minimum absolute atomic E-state index is 0.0447. The number of methoxy groups -OCH3 is 4. The molecule has 0 aliphatic rings. The SMILES string of the molecule is CCCOc1cc(N(CCOC(=O)CCC(=O)O)CCOC(c2ccccc2)(c2ccc(OC)cc2)c2ccc(OC)cc2)ccc1N=Nc1cc(OC)c(N=Nc2ccc([N+](=O)[O-])cc2)cc1OC. The van der Waals surface area contributed by atoms with Crippen LogP contribution in [0.15, 0.2) is 154 Å². The molecule has 0 aliphatic heterocycles. The second-order valence-electron chi connectivity index (χ2n) is 15.3. The number of carbonyl (C=O) groups excluding carboxylic acids is 1. The molecule has 18 heteroatoms. The number of non-ortho nitro benzene ring substituents is 1. The molecule has 6 aromatic rings. The van der Waals surface area contributed by atoms with Crippen LogP contribution in [0, 0.1) is 10.1 Å². The second kappa shape index (κ2) is 25.1.